The molecule has 0 bridgehead atoms. The predicted octanol–water partition coefficient (Wildman–Crippen LogP) is 2.36. The summed E-state index contributed by atoms with van der Waals surface area (Å²) in [5, 5.41) is -0.285. The molecular weight excluding hydrogens is 254 g/mol. The van der Waals surface area contributed by atoms with Crippen LogP contribution in [0.5, 0.6) is 0 Å². The lowest BCUT2D eigenvalue weighted by atomic mass is 10.2. The summed E-state index contributed by atoms with van der Waals surface area (Å²) in [5.74, 6) is -0.772. The number of rotatable bonds is 4. The summed E-state index contributed by atoms with van der Waals surface area (Å²) in [4.78, 5) is 14.9. The molecule has 1 heterocycles. The van der Waals surface area contributed by atoms with Crippen LogP contribution in [-0.4, -0.2) is 17.6 Å². The fraction of sp³-hybridized carbons (Fsp3) is 0.400. The number of hydrogen-bond acceptors (Lipinski definition) is 4. The molecule has 0 saturated heterocycles. The Hall–Kier alpha value is -1.43. The highest BCUT2D eigenvalue weighted by Crippen LogP contribution is 2.30. The van der Waals surface area contributed by atoms with Crippen molar-refractivity contribution in [3.05, 3.63) is 22.3 Å². The van der Waals surface area contributed by atoms with E-state index in [-0.39, 0.29) is 29.6 Å². The zero-order chi connectivity index (χ0) is 13.0. The number of nitrogens with zero attached hydrogens (tertiary/aromatic N) is 1. The first-order valence-electron chi connectivity index (χ1n) is 4.84. The maximum Gasteiger partial charge on any atom is 0.311 e. The fourth-order valence-electron chi connectivity index (χ4n) is 1.24. The molecule has 1 aromatic heterocycles. The Morgan fingerprint density at radius 3 is 2.82 bits per heavy atom. The molecule has 1 aromatic rings. The SMILES string of the molecule is CCOC(=O)Cc1cc(C(F)F)c(Cl)c(N)n1. The van der Waals surface area contributed by atoms with E-state index in [1.165, 1.54) is 0 Å². The number of nitrogen functional groups attached to an aromatic ring is 1. The third-order valence-corrected chi connectivity index (χ3v) is 2.34. The molecule has 0 spiro atoms. The fourth-order valence-corrected chi connectivity index (χ4v) is 1.42. The van der Waals surface area contributed by atoms with Crippen LogP contribution in [0.15, 0.2) is 6.07 Å². The average molecular weight is 265 g/mol. The molecule has 0 atom stereocenters. The summed E-state index contributed by atoms with van der Waals surface area (Å²) in [6, 6.07) is 1.06. The van der Waals surface area contributed by atoms with E-state index in [1.807, 2.05) is 0 Å². The number of carbonyl (C=O) groups is 1. The number of carbonyl (C=O) groups excluding carboxylic acids is 1. The molecule has 0 fully saturated rings. The molecule has 4 nitrogen and oxygen atoms in total. The molecule has 94 valence electrons. The maximum absolute atomic E-state index is 12.6. The highest BCUT2D eigenvalue weighted by Gasteiger charge is 2.18. The minimum atomic E-state index is -2.77. The Bertz CT molecular complexity index is 427. The third kappa shape index (κ3) is 3.52. The normalized spacial score (nSPS) is 10.6. The van der Waals surface area contributed by atoms with E-state index in [4.69, 9.17) is 17.3 Å². The number of aromatic nitrogens is 1. The Morgan fingerprint density at radius 1 is 1.65 bits per heavy atom. The van der Waals surface area contributed by atoms with Crippen LogP contribution < -0.4 is 5.73 Å². The van der Waals surface area contributed by atoms with Crippen molar-refractivity contribution < 1.29 is 18.3 Å². The molecule has 17 heavy (non-hydrogen) atoms. The van der Waals surface area contributed by atoms with Crippen molar-refractivity contribution in [2.24, 2.45) is 0 Å². The first-order chi connectivity index (χ1) is 7.95. The van der Waals surface area contributed by atoms with Crippen LogP contribution in [0.3, 0.4) is 0 Å². The van der Waals surface area contributed by atoms with Gasteiger partial charge in [0.2, 0.25) is 0 Å². The van der Waals surface area contributed by atoms with E-state index in [2.05, 4.69) is 9.72 Å². The van der Waals surface area contributed by atoms with E-state index in [0.717, 1.165) is 6.07 Å². The first-order valence-corrected chi connectivity index (χ1v) is 5.22. The van der Waals surface area contributed by atoms with Gasteiger partial charge in [0.1, 0.15) is 5.82 Å². The van der Waals surface area contributed by atoms with Gasteiger partial charge in [0.05, 0.1) is 23.7 Å². The van der Waals surface area contributed by atoms with Crippen molar-refractivity contribution in [1.82, 2.24) is 4.98 Å². The predicted molar refractivity (Wildman–Crippen MR) is 59.0 cm³/mol. The van der Waals surface area contributed by atoms with Gasteiger partial charge in [-0.05, 0) is 13.0 Å². The van der Waals surface area contributed by atoms with Crippen LogP contribution in [0.2, 0.25) is 5.02 Å². The highest BCUT2D eigenvalue weighted by atomic mass is 35.5. The average Bonchev–Trinajstić information content (AvgIpc) is 2.23. The summed E-state index contributed by atoms with van der Waals surface area (Å²) in [5.41, 5.74) is 5.06. The molecular formula is C10H11ClF2N2O2. The smallest absolute Gasteiger partial charge is 0.311 e. The second kappa shape index (κ2) is 5.77. The van der Waals surface area contributed by atoms with Crippen LogP contribution >= 0.6 is 11.6 Å². The summed E-state index contributed by atoms with van der Waals surface area (Å²) in [6.45, 7) is 1.86. The topological polar surface area (TPSA) is 65.2 Å². The van der Waals surface area contributed by atoms with Gasteiger partial charge in [0, 0.05) is 5.56 Å². The number of nitrogens with two attached hydrogens (primary N) is 1. The molecule has 0 aliphatic rings. The zero-order valence-electron chi connectivity index (χ0n) is 9.04. The molecule has 0 unspecified atom stereocenters. The number of alkyl halides is 2. The van der Waals surface area contributed by atoms with Gasteiger partial charge in [-0.2, -0.15) is 0 Å². The summed E-state index contributed by atoms with van der Waals surface area (Å²) in [6.07, 6.45) is -2.98. The lowest BCUT2D eigenvalue weighted by Crippen LogP contribution is -2.10. The van der Waals surface area contributed by atoms with E-state index in [9.17, 15) is 13.6 Å². The van der Waals surface area contributed by atoms with Gasteiger partial charge in [-0.3, -0.25) is 4.79 Å². The van der Waals surface area contributed by atoms with Gasteiger partial charge < -0.3 is 10.5 Å². The second-order valence-corrected chi connectivity index (χ2v) is 3.56. The monoisotopic (exact) mass is 264 g/mol. The maximum atomic E-state index is 12.6. The molecule has 1 rings (SSSR count). The van der Waals surface area contributed by atoms with Gasteiger partial charge in [0.25, 0.3) is 6.43 Å². The van der Waals surface area contributed by atoms with E-state index >= 15 is 0 Å². The molecule has 7 heteroatoms. The van der Waals surface area contributed by atoms with Gasteiger partial charge in [-0.15, -0.1) is 0 Å². The lowest BCUT2D eigenvalue weighted by Gasteiger charge is -2.08. The van der Waals surface area contributed by atoms with Crippen molar-refractivity contribution >= 4 is 23.4 Å². The van der Waals surface area contributed by atoms with Crippen molar-refractivity contribution in [3.8, 4) is 0 Å². The van der Waals surface area contributed by atoms with Gasteiger partial charge in [0.15, 0.2) is 0 Å². The van der Waals surface area contributed by atoms with Crippen LogP contribution in [-0.2, 0) is 16.0 Å². The summed E-state index contributed by atoms with van der Waals surface area (Å²) in [7, 11) is 0. The van der Waals surface area contributed by atoms with Crippen molar-refractivity contribution in [2.75, 3.05) is 12.3 Å². The van der Waals surface area contributed by atoms with E-state index in [1.54, 1.807) is 6.92 Å². The molecule has 0 radical (unpaired) electrons. The van der Waals surface area contributed by atoms with Crippen LogP contribution in [0, 0.1) is 0 Å². The second-order valence-electron chi connectivity index (χ2n) is 3.18. The molecule has 2 N–H and O–H groups in total. The Kier molecular flexibility index (Phi) is 4.62. The van der Waals surface area contributed by atoms with E-state index < -0.39 is 18.0 Å². The van der Waals surface area contributed by atoms with Gasteiger partial charge >= 0.3 is 5.97 Å². The Labute approximate surface area is 102 Å². The standard InChI is InChI=1S/C10H11ClF2N2O2/c1-2-17-7(16)4-5-3-6(9(12)13)8(11)10(14)15-5/h3,9H,2,4H2,1H3,(H2,14,15). The highest BCUT2D eigenvalue weighted by molar-refractivity contribution is 6.33. The molecule has 0 amide bonds. The van der Waals surface area contributed by atoms with Gasteiger partial charge in [-0.25, -0.2) is 13.8 Å². The molecule has 0 aliphatic heterocycles. The molecule has 0 aromatic carbocycles. The van der Waals surface area contributed by atoms with Crippen LogP contribution in [0.1, 0.15) is 24.6 Å². The van der Waals surface area contributed by atoms with E-state index in [0.29, 0.717) is 0 Å². The van der Waals surface area contributed by atoms with Gasteiger partial charge in [-0.1, -0.05) is 11.6 Å². The largest absolute Gasteiger partial charge is 0.466 e. The molecule has 0 aliphatic carbocycles. The summed E-state index contributed by atoms with van der Waals surface area (Å²) < 4.78 is 29.9. The minimum absolute atomic E-state index is 0.112. The summed E-state index contributed by atoms with van der Waals surface area (Å²) >= 11 is 5.57. The number of pyridine rings is 1. The van der Waals surface area contributed by atoms with Crippen molar-refractivity contribution in [3.63, 3.8) is 0 Å². The Morgan fingerprint density at radius 2 is 2.29 bits per heavy atom. The molecule has 0 saturated carbocycles. The zero-order valence-corrected chi connectivity index (χ0v) is 9.80. The number of ether oxygens (including phenoxy) is 1. The quantitative estimate of drug-likeness (QED) is 0.848. The van der Waals surface area contributed by atoms with Crippen LogP contribution in [0.25, 0.3) is 0 Å². The lowest BCUT2D eigenvalue weighted by molar-refractivity contribution is -0.142. The van der Waals surface area contributed by atoms with Crippen LogP contribution in [0.4, 0.5) is 14.6 Å². The van der Waals surface area contributed by atoms with Crippen molar-refractivity contribution in [2.45, 2.75) is 19.8 Å². The number of halogens is 3. The minimum Gasteiger partial charge on any atom is -0.466 e. The number of esters is 1. The number of hydrogen-bond donors (Lipinski definition) is 1. The Balaban J connectivity index is 2.98. The first kappa shape index (κ1) is 13.6. The van der Waals surface area contributed by atoms with Crippen molar-refractivity contribution in [1.29, 1.82) is 0 Å². The number of anilines is 1. The third-order valence-electron chi connectivity index (χ3n) is 1.93.